The fraction of sp³-hybridized carbons (Fsp3) is 0.188. The lowest BCUT2D eigenvalue weighted by molar-refractivity contribution is 0.0209. The number of rotatable bonds is 2. The third-order valence-corrected chi connectivity index (χ3v) is 3.73. The van der Waals surface area contributed by atoms with Crippen molar-refractivity contribution in [2.24, 2.45) is 0 Å². The highest BCUT2D eigenvalue weighted by Gasteiger charge is 2.39. The van der Waals surface area contributed by atoms with Crippen molar-refractivity contribution in [3.05, 3.63) is 35.4 Å². The maximum Gasteiger partial charge on any atom is 0.202 e. The quantitative estimate of drug-likeness (QED) is 0.552. The van der Waals surface area contributed by atoms with E-state index in [-0.39, 0.29) is 28.4 Å². The fourth-order valence-electron chi connectivity index (χ4n) is 2.66. The molecule has 0 fully saturated rings. The number of aromatic hydroxyl groups is 4. The van der Waals surface area contributed by atoms with Crippen LogP contribution in [0.15, 0.2) is 24.3 Å². The van der Waals surface area contributed by atoms with E-state index in [9.17, 15) is 30.3 Å². The average Bonchev–Trinajstić information content (AvgIpc) is 2.49. The van der Waals surface area contributed by atoms with Crippen LogP contribution in [0.5, 0.6) is 34.5 Å². The van der Waals surface area contributed by atoms with Crippen LogP contribution in [0, 0.1) is 0 Å². The van der Waals surface area contributed by atoms with Gasteiger partial charge >= 0.3 is 0 Å². The van der Waals surface area contributed by atoms with Crippen molar-refractivity contribution in [2.75, 3.05) is 7.11 Å². The second-order valence-electron chi connectivity index (χ2n) is 5.28. The summed E-state index contributed by atoms with van der Waals surface area (Å²) in [7, 11) is 1.26. The number of hydrogen-bond acceptors (Lipinski definition) is 8. The lowest BCUT2D eigenvalue weighted by Gasteiger charge is -2.30. The second kappa shape index (κ2) is 5.50. The number of carbonyl (C=O) groups is 1. The minimum absolute atomic E-state index is 0.111. The zero-order valence-corrected chi connectivity index (χ0v) is 12.4. The first-order valence-electron chi connectivity index (χ1n) is 6.88. The number of aliphatic hydroxyl groups is 1. The predicted molar refractivity (Wildman–Crippen MR) is 79.8 cm³/mol. The Morgan fingerprint density at radius 1 is 1.00 bits per heavy atom. The van der Waals surface area contributed by atoms with Crippen molar-refractivity contribution in [1.29, 1.82) is 0 Å². The predicted octanol–water partition coefficient (Wildman–Crippen LogP) is 1.19. The Balaban J connectivity index is 2.09. The number of Topliss-reactive ketones (excluding diaryl/α,β-unsaturated/α-hetero) is 1. The molecule has 0 saturated heterocycles. The van der Waals surface area contributed by atoms with E-state index in [1.165, 1.54) is 19.2 Å². The number of fused-ring (bicyclic) bond motifs is 1. The molecular weight excluding hydrogens is 320 g/mol. The number of hydrogen-bond donors (Lipinski definition) is 5. The number of methoxy groups -OCH3 is 1. The smallest absolute Gasteiger partial charge is 0.202 e. The summed E-state index contributed by atoms with van der Waals surface area (Å²) in [6.45, 7) is 0. The highest BCUT2D eigenvalue weighted by Crippen LogP contribution is 2.44. The van der Waals surface area contributed by atoms with Crippen molar-refractivity contribution < 1.29 is 39.8 Å². The number of ketones is 1. The first-order valence-corrected chi connectivity index (χ1v) is 6.88. The standard InChI is InChI=1S/C16H14O8/c1-23-16-9(19)2-6(3-10(16)20)15-14(22)13(21)12-8(18)4-7(17)5-11(12)24-15/h2-5,14-15,17-20,22H,1H3/t14-,15-/m1/s1. The number of phenolic OH excluding ortho intramolecular Hbond substituents is 4. The van der Waals surface area contributed by atoms with Gasteiger partial charge in [0.25, 0.3) is 0 Å². The molecule has 0 radical (unpaired) electrons. The lowest BCUT2D eigenvalue weighted by atomic mass is 9.92. The Labute approximate surface area is 135 Å². The Morgan fingerprint density at radius 2 is 1.62 bits per heavy atom. The van der Waals surface area contributed by atoms with Gasteiger partial charge in [-0.3, -0.25) is 4.79 Å². The van der Waals surface area contributed by atoms with Gasteiger partial charge in [0.1, 0.15) is 22.8 Å². The zero-order valence-electron chi connectivity index (χ0n) is 12.4. The Kier molecular flexibility index (Phi) is 3.61. The van der Waals surface area contributed by atoms with Crippen molar-refractivity contribution in [2.45, 2.75) is 12.2 Å². The van der Waals surface area contributed by atoms with E-state index in [4.69, 9.17) is 9.47 Å². The topological polar surface area (TPSA) is 137 Å². The zero-order chi connectivity index (χ0) is 17.6. The summed E-state index contributed by atoms with van der Waals surface area (Å²) in [6.07, 6.45) is -2.94. The molecule has 2 aromatic carbocycles. The SMILES string of the molecule is COc1c(O)cc([C@H]2Oc3cc(O)cc(O)c3C(=O)[C@H]2O)cc1O. The summed E-state index contributed by atoms with van der Waals surface area (Å²) in [5.74, 6) is -2.75. The van der Waals surface area contributed by atoms with E-state index in [1.807, 2.05) is 0 Å². The van der Waals surface area contributed by atoms with Crippen molar-refractivity contribution in [3.63, 3.8) is 0 Å². The molecule has 0 unspecified atom stereocenters. The van der Waals surface area contributed by atoms with Gasteiger partial charge in [0.2, 0.25) is 11.5 Å². The van der Waals surface area contributed by atoms with Gasteiger partial charge in [0.05, 0.1) is 7.11 Å². The van der Waals surface area contributed by atoms with E-state index >= 15 is 0 Å². The molecule has 1 aliphatic rings. The second-order valence-corrected chi connectivity index (χ2v) is 5.28. The first-order chi connectivity index (χ1) is 11.3. The van der Waals surface area contributed by atoms with Crippen LogP contribution < -0.4 is 9.47 Å². The van der Waals surface area contributed by atoms with E-state index in [2.05, 4.69) is 0 Å². The van der Waals surface area contributed by atoms with Crippen LogP contribution in [0.3, 0.4) is 0 Å². The van der Waals surface area contributed by atoms with Crippen LogP contribution in [0.25, 0.3) is 0 Å². The summed E-state index contributed by atoms with van der Waals surface area (Å²) in [4.78, 5) is 12.3. The maximum atomic E-state index is 12.3. The van der Waals surface area contributed by atoms with Crippen molar-refractivity contribution >= 4 is 5.78 Å². The molecule has 2 aromatic rings. The number of ether oxygens (including phenoxy) is 2. The summed E-state index contributed by atoms with van der Waals surface area (Å²) in [5.41, 5.74) is -0.140. The molecule has 1 aliphatic heterocycles. The monoisotopic (exact) mass is 334 g/mol. The van der Waals surface area contributed by atoms with Crippen LogP contribution in [0.4, 0.5) is 0 Å². The highest BCUT2D eigenvalue weighted by atomic mass is 16.5. The van der Waals surface area contributed by atoms with Gasteiger partial charge in [0, 0.05) is 17.7 Å². The number of benzene rings is 2. The molecule has 0 amide bonds. The van der Waals surface area contributed by atoms with E-state index in [1.54, 1.807) is 0 Å². The van der Waals surface area contributed by atoms with Crippen LogP contribution >= 0.6 is 0 Å². The first kappa shape index (κ1) is 15.8. The maximum absolute atomic E-state index is 12.3. The minimum atomic E-state index is -1.68. The number of carbonyl (C=O) groups excluding carboxylic acids is 1. The number of aliphatic hydroxyl groups excluding tert-OH is 1. The molecule has 3 rings (SSSR count). The molecule has 5 N–H and O–H groups in total. The summed E-state index contributed by atoms with van der Waals surface area (Å²) in [5, 5.41) is 49.2. The van der Waals surface area contributed by atoms with Gasteiger partial charge < -0.3 is 35.0 Å². The largest absolute Gasteiger partial charge is 0.508 e. The summed E-state index contributed by atoms with van der Waals surface area (Å²) < 4.78 is 10.3. The van der Waals surface area contributed by atoms with Gasteiger partial charge in [-0.15, -0.1) is 0 Å². The van der Waals surface area contributed by atoms with E-state index in [0.717, 1.165) is 12.1 Å². The molecule has 0 bridgehead atoms. The molecule has 0 spiro atoms. The van der Waals surface area contributed by atoms with Crippen molar-refractivity contribution in [1.82, 2.24) is 0 Å². The average molecular weight is 334 g/mol. The molecular formula is C16H14O8. The van der Waals surface area contributed by atoms with Crippen LogP contribution in [-0.2, 0) is 0 Å². The summed E-state index contributed by atoms with van der Waals surface area (Å²) >= 11 is 0. The normalized spacial score (nSPS) is 19.5. The molecule has 0 aliphatic carbocycles. The molecule has 8 heteroatoms. The lowest BCUT2D eigenvalue weighted by Crippen LogP contribution is -2.36. The van der Waals surface area contributed by atoms with Gasteiger partial charge in [-0.25, -0.2) is 0 Å². The third-order valence-electron chi connectivity index (χ3n) is 3.73. The Morgan fingerprint density at radius 3 is 2.21 bits per heavy atom. The van der Waals surface area contributed by atoms with Gasteiger partial charge in [-0.1, -0.05) is 0 Å². The summed E-state index contributed by atoms with van der Waals surface area (Å²) in [6, 6.07) is 4.42. The molecule has 8 nitrogen and oxygen atoms in total. The number of phenols is 4. The highest BCUT2D eigenvalue weighted by molar-refractivity contribution is 6.05. The fourth-order valence-corrected chi connectivity index (χ4v) is 2.66. The van der Waals surface area contributed by atoms with Gasteiger partial charge in [-0.05, 0) is 12.1 Å². The van der Waals surface area contributed by atoms with Crippen LogP contribution in [-0.4, -0.2) is 44.5 Å². The Bertz CT molecular complexity index is 806. The van der Waals surface area contributed by atoms with E-state index in [0.29, 0.717) is 0 Å². The molecule has 0 aromatic heterocycles. The minimum Gasteiger partial charge on any atom is -0.508 e. The molecule has 126 valence electrons. The third kappa shape index (κ3) is 2.33. The molecule has 0 saturated carbocycles. The van der Waals surface area contributed by atoms with Gasteiger partial charge in [0.15, 0.2) is 23.7 Å². The van der Waals surface area contributed by atoms with Crippen LogP contribution in [0.1, 0.15) is 22.0 Å². The Hall–Kier alpha value is -3.13. The molecule has 2 atom stereocenters. The molecule has 24 heavy (non-hydrogen) atoms. The molecule has 1 heterocycles. The van der Waals surface area contributed by atoms with Crippen LogP contribution in [0.2, 0.25) is 0 Å². The van der Waals surface area contributed by atoms with Crippen molar-refractivity contribution in [3.8, 4) is 34.5 Å². The van der Waals surface area contributed by atoms with Gasteiger partial charge in [-0.2, -0.15) is 0 Å². The van der Waals surface area contributed by atoms with E-state index < -0.39 is 35.2 Å².